The number of hydrogen-bond acceptors (Lipinski definition) is 4. The Morgan fingerprint density at radius 1 is 1.31 bits per heavy atom. The summed E-state index contributed by atoms with van der Waals surface area (Å²) in [5.74, 6) is -2.01. The molecular formula is C17H24ClF2N3O3. The molecule has 146 valence electrons. The molecule has 9 heteroatoms. The van der Waals surface area contributed by atoms with Gasteiger partial charge in [-0.15, -0.1) is 12.4 Å². The second-order valence-electron chi connectivity index (χ2n) is 6.89. The molecule has 0 spiro atoms. The molecule has 0 aliphatic carbocycles. The van der Waals surface area contributed by atoms with Crippen LogP contribution >= 0.6 is 12.4 Å². The van der Waals surface area contributed by atoms with Gasteiger partial charge in [0.15, 0.2) is 0 Å². The van der Waals surface area contributed by atoms with Crippen molar-refractivity contribution in [3.05, 3.63) is 23.2 Å². The van der Waals surface area contributed by atoms with Gasteiger partial charge in [-0.2, -0.15) is 0 Å². The fourth-order valence-corrected chi connectivity index (χ4v) is 3.47. The lowest BCUT2D eigenvalue weighted by molar-refractivity contribution is -0.134. The number of rotatable bonds is 3. The van der Waals surface area contributed by atoms with Crippen molar-refractivity contribution >= 4 is 24.2 Å². The summed E-state index contributed by atoms with van der Waals surface area (Å²) < 4.78 is 31.8. The molecule has 2 N–H and O–H groups in total. The fraction of sp³-hybridized carbons (Fsp3) is 0.647. The number of likely N-dealkylation sites (tertiary alicyclic amines) is 1. The predicted octanol–water partition coefficient (Wildman–Crippen LogP) is 2.04. The number of halogens is 3. The quantitative estimate of drug-likeness (QED) is 0.826. The van der Waals surface area contributed by atoms with Gasteiger partial charge in [0, 0.05) is 25.6 Å². The molecule has 0 aromatic carbocycles. The molecule has 6 nitrogen and oxygen atoms in total. The van der Waals surface area contributed by atoms with Crippen molar-refractivity contribution in [1.82, 2.24) is 15.5 Å². The first kappa shape index (κ1) is 20.6. The molecule has 2 saturated heterocycles. The van der Waals surface area contributed by atoms with E-state index in [9.17, 15) is 18.4 Å². The second kappa shape index (κ2) is 7.92. The van der Waals surface area contributed by atoms with Crippen LogP contribution in [0.3, 0.4) is 0 Å². The number of aryl methyl sites for hydroxylation is 2. The van der Waals surface area contributed by atoms with Crippen LogP contribution in [-0.4, -0.2) is 54.4 Å². The standard InChI is InChI=1S/C17H23F2N3O3.ClH/c1-10-7-13(11(2)25-10)15(23)21-12-3-5-22(6-4-12)16(24)14-8-17(18,19)9-20-14;/h7,12,14,20H,3-6,8-9H2,1-2H3,(H,21,23);1H. The molecule has 3 rings (SSSR count). The minimum absolute atomic E-state index is 0. The highest BCUT2D eigenvalue weighted by Gasteiger charge is 2.43. The van der Waals surface area contributed by atoms with E-state index < -0.39 is 24.9 Å². The van der Waals surface area contributed by atoms with Gasteiger partial charge in [-0.1, -0.05) is 0 Å². The highest BCUT2D eigenvalue weighted by atomic mass is 35.5. The SMILES string of the molecule is Cc1cc(C(=O)NC2CCN(C(=O)C3CC(F)(F)CN3)CC2)c(C)o1.Cl. The van der Waals surface area contributed by atoms with Gasteiger partial charge in [0.05, 0.1) is 18.2 Å². The van der Waals surface area contributed by atoms with Crippen molar-refractivity contribution in [3.63, 3.8) is 0 Å². The summed E-state index contributed by atoms with van der Waals surface area (Å²) in [4.78, 5) is 26.2. The topological polar surface area (TPSA) is 74.6 Å². The Bertz CT molecular complexity index is 672. The number of piperidine rings is 1. The lowest BCUT2D eigenvalue weighted by Gasteiger charge is -2.33. The molecule has 0 radical (unpaired) electrons. The maximum atomic E-state index is 13.2. The summed E-state index contributed by atoms with van der Waals surface area (Å²) in [5.41, 5.74) is 0.522. The third kappa shape index (κ3) is 4.54. The molecule has 0 bridgehead atoms. The molecule has 2 aliphatic heterocycles. The van der Waals surface area contributed by atoms with Gasteiger partial charge in [0.2, 0.25) is 5.91 Å². The third-order valence-electron chi connectivity index (χ3n) is 4.84. The van der Waals surface area contributed by atoms with Crippen molar-refractivity contribution in [3.8, 4) is 0 Å². The Kier molecular flexibility index (Phi) is 6.29. The zero-order valence-electron chi connectivity index (χ0n) is 14.8. The fourth-order valence-electron chi connectivity index (χ4n) is 3.47. The second-order valence-corrected chi connectivity index (χ2v) is 6.89. The number of furan rings is 1. The summed E-state index contributed by atoms with van der Waals surface area (Å²) in [6, 6.07) is 0.858. The zero-order valence-corrected chi connectivity index (χ0v) is 15.6. The van der Waals surface area contributed by atoms with E-state index >= 15 is 0 Å². The lowest BCUT2D eigenvalue weighted by atomic mass is 10.0. The monoisotopic (exact) mass is 391 g/mol. The number of carbonyl (C=O) groups excluding carboxylic acids is 2. The van der Waals surface area contributed by atoms with E-state index in [0.717, 1.165) is 0 Å². The van der Waals surface area contributed by atoms with E-state index in [1.807, 2.05) is 0 Å². The van der Waals surface area contributed by atoms with E-state index in [1.165, 1.54) is 0 Å². The number of nitrogens with one attached hydrogen (secondary N) is 2. The molecule has 3 heterocycles. The first-order valence-electron chi connectivity index (χ1n) is 8.53. The number of alkyl halides is 2. The van der Waals surface area contributed by atoms with Crippen LogP contribution < -0.4 is 10.6 Å². The Hall–Kier alpha value is -1.67. The van der Waals surface area contributed by atoms with E-state index in [1.54, 1.807) is 24.8 Å². The number of carbonyl (C=O) groups is 2. The average Bonchev–Trinajstić information content (AvgIpc) is 3.08. The van der Waals surface area contributed by atoms with Crippen LogP contribution in [0.5, 0.6) is 0 Å². The predicted molar refractivity (Wildman–Crippen MR) is 93.9 cm³/mol. The van der Waals surface area contributed by atoms with E-state index in [-0.39, 0.29) is 30.3 Å². The molecule has 1 aromatic rings. The van der Waals surface area contributed by atoms with Gasteiger partial charge in [-0.05, 0) is 32.8 Å². The van der Waals surface area contributed by atoms with Gasteiger partial charge in [0.1, 0.15) is 11.5 Å². The van der Waals surface area contributed by atoms with Gasteiger partial charge in [0.25, 0.3) is 11.8 Å². The van der Waals surface area contributed by atoms with Gasteiger partial charge < -0.3 is 14.6 Å². The molecule has 1 atom stereocenters. The van der Waals surface area contributed by atoms with Crippen LogP contribution in [-0.2, 0) is 4.79 Å². The average molecular weight is 392 g/mol. The highest BCUT2D eigenvalue weighted by molar-refractivity contribution is 5.95. The Morgan fingerprint density at radius 3 is 2.46 bits per heavy atom. The van der Waals surface area contributed by atoms with Gasteiger partial charge in [-0.25, -0.2) is 8.78 Å². The lowest BCUT2D eigenvalue weighted by Crippen LogP contribution is -2.50. The smallest absolute Gasteiger partial charge is 0.262 e. The van der Waals surface area contributed by atoms with Crippen molar-refractivity contribution in [1.29, 1.82) is 0 Å². The van der Waals surface area contributed by atoms with Crippen LogP contribution in [0, 0.1) is 13.8 Å². The van der Waals surface area contributed by atoms with Crippen LogP contribution in [0.15, 0.2) is 10.5 Å². The first-order chi connectivity index (χ1) is 11.7. The normalized spacial score (nSPS) is 22.8. The molecule has 2 aliphatic rings. The minimum atomic E-state index is -2.81. The maximum Gasteiger partial charge on any atom is 0.262 e. The largest absolute Gasteiger partial charge is 0.466 e. The van der Waals surface area contributed by atoms with Crippen molar-refractivity contribution in [2.24, 2.45) is 0 Å². The van der Waals surface area contributed by atoms with Crippen LogP contribution in [0.4, 0.5) is 8.78 Å². The molecule has 1 aromatic heterocycles. The molecule has 26 heavy (non-hydrogen) atoms. The van der Waals surface area contributed by atoms with Gasteiger partial charge in [-0.3, -0.25) is 14.9 Å². The highest BCUT2D eigenvalue weighted by Crippen LogP contribution is 2.26. The van der Waals surface area contributed by atoms with Crippen LogP contribution in [0.2, 0.25) is 0 Å². The van der Waals surface area contributed by atoms with Crippen molar-refractivity contribution in [2.75, 3.05) is 19.6 Å². The summed E-state index contributed by atoms with van der Waals surface area (Å²) >= 11 is 0. The molecular weight excluding hydrogens is 368 g/mol. The van der Waals surface area contributed by atoms with E-state index in [4.69, 9.17) is 4.42 Å². The molecule has 1 unspecified atom stereocenters. The van der Waals surface area contributed by atoms with Crippen molar-refractivity contribution < 1.29 is 22.8 Å². The summed E-state index contributed by atoms with van der Waals surface area (Å²) in [6.45, 7) is 4.00. The number of amides is 2. The zero-order chi connectivity index (χ0) is 18.2. The minimum Gasteiger partial charge on any atom is -0.466 e. The third-order valence-corrected chi connectivity index (χ3v) is 4.84. The van der Waals surface area contributed by atoms with Crippen molar-refractivity contribution in [2.45, 2.75) is 51.1 Å². The number of hydrogen-bond donors (Lipinski definition) is 2. The molecule has 2 fully saturated rings. The van der Waals surface area contributed by atoms with E-state index in [2.05, 4.69) is 10.6 Å². The van der Waals surface area contributed by atoms with E-state index in [0.29, 0.717) is 43.0 Å². The Morgan fingerprint density at radius 2 is 1.96 bits per heavy atom. The number of nitrogens with zero attached hydrogens (tertiary/aromatic N) is 1. The summed E-state index contributed by atoms with van der Waals surface area (Å²) in [7, 11) is 0. The first-order valence-corrected chi connectivity index (χ1v) is 8.53. The Labute approximate surface area is 157 Å². The summed E-state index contributed by atoms with van der Waals surface area (Å²) in [5, 5.41) is 5.55. The van der Waals surface area contributed by atoms with Crippen LogP contribution in [0.25, 0.3) is 0 Å². The Balaban J connectivity index is 0.00000243. The molecule has 2 amide bonds. The molecule has 0 saturated carbocycles. The van der Waals surface area contributed by atoms with Gasteiger partial charge >= 0.3 is 0 Å². The maximum absolute atomic E-state index is 13.2. The summed E-state index contributed by atoms with van der Waals surface area (Å²) in [6.07, 6.45) is 0.772. The van der Waals surface area contributed by atoms with Crippen LogP contribution in [0.1, 0.15) is 41.1 Å².